The Morgan fingerprint density at radius 3 is 2.16 bits per heavy atom. The maximum absolute atomic E-state index is 5.29. The molecular weight excluding hydrogens is 435 g/mol. The van der Waals surface area contributed by atoms with Crippen molar-refractivity contribution in [2.75, 3.05) is 0 Å². The number of hydrogen-bond donors (Lipinski definition) is 0. The molecule has 4 aromatic carbocycles. The molecular formula is C29H29GeN. The van der Waals surface area contributed by atoms with Crippen LogP contribution in [-0.2, 0) is 5.41 Å². The minimum atomic E-state index is -2.61. The number of aliphatic imine (C=N–C) groups is 1. The average molecular weight is 464 g/mol. The summed E-state index contributed by atoms with van der Waals surface area (Å²) in [5.74, 6) is 5.01. The van der Waals surface area contributed by atoms with E-state index in [0.29, 0.717) is 0 Å². The summed E-state index contributed by atoms with van der Waals surface area (Å²) in [5, 5.41) is 2.66. The Morgan fingerprint density at radius 2 is 1.42 bits per heavy atom. The fraction of sp³-hybridized carbons (Fsp3) is 0.207. The van der Waals surface area contributed by atoms with Gasteiger partial charge in [0.15, 0.2) is 0 Å². The van der Waals surface area contributed by atoms with Crippen LogP contribution in [-0.4, -0.2) is 17.8 Å². The van der Waals surface area contributed by atoms with E-state index in [1.165, 1.54) is 47.7 Å². The van der Waals surface area contributed by atoms with Gasteiger partial charge >= 0.3 is 189 Å². The number of benzene rings is 4. The van der Waals surface area contributed by atoms with Crippen LogP contribution in [0.15, 0.2) is 89.9 Å². The van der Waals surface area contributed by atoms with Crippen LogP contribution in [0.1, 0.15) is 31.9 Å². The van der Waals surface area contributed by atoms with Crippen molar-refractivity contribution in [2.24, 2.45) is 4.99 Å². The molecule has 4 aromatic rings. The second-order valence-corrected chi connectivity index (χ2v) is 19.0. The first kappa shape index (κ1) is 20.3. The number of fused-ring (bicyclic) bond motifs is 2. The van der Waals surface area contributed by atoms with Gasteiger partial charge in [0, 0.05) is 0 Å². The Kier molecular flexibility index (Phi) is 4.71. The molecule has 31 heavy (non-hydrogen) atoms. The molecule has 0 N–H and O–H groups in total. The van der Waals surface area contributed by atoms with Crippen molar-refractivity contribution < 1.29 is 0 Å². The van der Waals surface area contributed by atoms with Gasteiger partial charge in [-0.2, -0.15) is 0 Å². The van der Waals surface area contributed by atoms with Gasteiger partial charge in [0.25, 0.3) is 0 Å². The van der Waals surface area contributed by atoms with Crippen LogP contribution >= 0.6 is 0 Å². The normalized spacial score (nSPS) is 15.1. The zero-order chi connectivity index (χ0) is 21.8. The van der Waals surface area contributed by atoms with Gasteiger partial charge in [0.05, 0.1) is 0 Å². The predicted octanol–water partition coefficient (Wildman–Crippen LogP) is 7.39. The molecule has 0 saturated heterocycles. The molecule has 0 spiro atoms. The van der Waals surface area contributed by atoms with E-state index in [1.807, 2.05) is 0 Å². The molecule has 0 radical (unpaired) electrons. The molecule has 0 atom stereocenters. The van der Waals surface area contributed by atoms with E-state index in [1.54, 1.807) is 0 Å². The first-order valence-electron chi connectivity index (χ1n) is 11.1. The summed E-state index contributed by atoms with van der Waals surface area (Å²) < 4.78 is 2.85. The van der Waals surface area contributed by atoms with Crippen molar-refractivity contribution in [2.45, 2.75) is 37.7 Å². The van der Waals surface area contributed by atoms with Crippen LogP contribution in [0.3, 0.4) is 0 Å². The van der Waals surface area contributed by atoms with Gasteiger partial charge in [0.2, 0.25) is 0 Å². The molecule has 2 heteroatoms. The Balaban J connectivity index is 1.72. The molecule has 5 rings (SSSR count). The van der Waals surface area contributed by atoms with E-state index in [-0.39, 0.29) is 5.41 Å². The summed E-state index contributed by atoms with van der Waals surface area (Å²) in [6.07, 6.45) is 0. The van der Waals surface area contributed by atoms with Gasteiger partial charge in [-0.1, -0.05) is 0 Å². The third-order valence-corrected chi connectivity index (χ3v) is 13.6. The maximum atomic E-state index is 5.29. The summed E-state index contributed by atoms with van der Waals surface area (Å²) in [4.78, 5) is 5.29. The number of rotatable bonds is 2. The number of nitrogens with zero attached hydrogens (tertiary/aromatic N) is 1. The summed E-state index contributed by atoms with van der Waals surface area (Å²) >= 11 is -2.61. The van der Waals surface area contributed by atoms with Crippen LogP contribution in [0.4, 0.5) is 5.69 Å². The quantitative estimate of drug-likeness (QED) is 0.275. The Bertz CT molecular complexity index is 1320. The van der Waals surface area contributed by atoms with E-state index >= 15 is 0 Å². The van der Waals surface area contributed by atoms with Crippen molar-refractivity contribution in [1.82, 2.24) is 0 Å². The van der Waals surface area contributed by atoms with Crippen LogP contribution in [0.2, 0.25) is 11.5 Å². The third kappa shape index (κ3) is 3.36. The molecule has 1 heterocycles. The van der Waals surface area contributed by atoms with Gasteiger partial charge in [-0.05, 0) is 0 Å². The summed E-state index contributed by atoms with van der Waals surface area (Å²) in [5.41, 5.74) is 6.62. The molecule has 0 bridgehead atoms. The van der Waals surface area contributed by atoms with Crippen molar-refractivity contribution in [3.8, 4) is 11.1 Å². The van der Waals surface area contributed by atoms with Crippen molar-refractivity contribution in [1.29, 1.82) is 0 Å². The van der Waals surface area contributed by atoms with E-state index in [4.69, 9.17) is 4.99 Å². The zero-order valence-corrected chi connectivity index (χ0v) is 21.1. The van der Waals surface area contributed by atoms with E-state index < -0.39 is 13.3 Å². The molecule has 0 amide bonds. The molecule has 0 aromatic heterocycles. The zero-order valence-electron chi connectivity index (χ0n) is 19.0. The van der Waals surface area contributed by atoms with E-state index in [2.05, 4.69) is 117 Å². The first-order valence-corrected chi connectivity index (χ1v) is 17.4. The summed E-state index contributed by atoms with van der Waals surface area (Å²) in [6.45, 7) is 6.93. The fourth-order valence-corrected chi connectivity index (χ4v) is 11.7. The third-order valence-electron chi connectivity index (χ3n) is 6.52. The molecule has 0 aliphatic carbocycles. The topological polar surface area (TPSA) is 12.4 Å². The van der Waals surface area contributed by atoms with Crippen molar-refractivity contribution in [3.05, 3.63) is 96.1 Å². The molecule has 0 unspecified atom stereocenters. The first-order chi connectivity index (χ1) is 14.8. The Labute approximate surface area is 188 Å². The second kappa shape index (κ2) is 7.20. The van der Waals surface area contributed by atoms with Crippen molar-refractivity contribution in [3.63, 3.8) is 0 Å². The van der Waals surface area contributed by atoms with E-state index in [0.717, 1.165) is 0 Å². The van der Waals surface area contributed by atoms with Gasteiger partial charge in [0.1, 0.15) is 0 Å². The standard InChI is InChI=1S/C29H29GeN/c1-29(2,3)25-19-22(18-21-14-9-10-15-23(21)25)28-30(4,5)27-24(16-11-17-26(27)31-28)20-12-7-6-8-13-20/h6-19H,1-5H3. The predicted molar refractivity (Wildman–Crippen MR) is 138 cm³/mol. The monoisotopic (exact) mass is 465 g/mol. The average Bonchev–Trinajstić information content (AvgIpc) is 3.04. The molecule has 1 nitrogen and oxygen atoms in total. The van der Waals surface area contributed by atoms with Crippen LogP contribution in [0.5, 0.6) is 0 Å². The van der Waals surface area contributed by atoms with E-state index in [9.17, 15) is 0 Å². The molecule has 1 aliphatic rings. The fourth-order valence-electron chi connectivity index (χ4n) is 5.02. The molecule has 154 valence electrons. The molecule has 0 saturated carbocycles. The summed E-state index contributed by atoms with van der Waals surface area (Å²) in [6, 6.07) is 31.0. The SMILES string of the molecule is CC(C)(C)c1cc([C]2=Nc3cccc(-c4ccccc4)[c]3[Ge]2([CH3])[CH3])cc2ccccc12. The number of hydrogen-bond acceptors (Lipinski definition) is 1. The molecule has 0 fully saturated rings. The van der Waals surface area contributed by atoms with Crippen LogP contribution in [0.25, 0.3) is 21.9 Å². The molecule has 1 aliphatic heterocycles. The summed E-state index contributed by atoms with van der Waals surface area (Å²) in [7, 11) is 0. The van der Waals surface area contributed by atoms with Gasteiger partial charge in [-0.15, -0.1) is 0 Å². The van der Waals surface area contributed by atoms with Crippen molar-refractivity contribution >= 4 is 38.7 Å². The second-order valence-electron chi connectivity index (χ2n) is 10.1. The van der Waals surface area contributed by atoms with Crippen LogP contribution < -0.4 is 4.40 Å². The van der Waals surface area contributed by atoms with Crippen LogP contribution in [0, 0.1) is 0 Å². The Morgan fingerprint density at radius 1 is 0.710 bits per heavy atom. The van der Waals surface area contributed by atoms with Gasteiger partial charge in [-0.3, -0.25) is 0 Å². The van der Waals surface area contributed by atoms with Gasteiger partial charge in [-0.25, -0.2) is 0 Å². The Hall–Kier alpha value is -2.65. The van der Waals surface area contributed by atoms with Gasteiger partial charge < -0.3 is 0 Å². The minimum absolute atomic E-state index is 0.0774.